The maximum atomic E-state index is 12.5. The van der Waals surface area contributed by atoms with E-state index in [1.807, 2.05) is 0 Å². The third-order valence-corrected chi connectivity index (χ3v) is 4.40. The monoisotopic (exact) mass is 364 g/mol. The molecule has 0 radical (unpaired) electrons. The van der Waals surface area contributed by atoms with Crippen LogP contribution in [-0.2, 0) is 9.53 Å². The standard InChI is InChI=1S/C21H16O6/c1-25-20(23)13-4-2-12(3-5-13)10-18-19(22)16-9-8-15(11-17(16)27-18)26-21(24)14-6-7-14/h2-5,8-11,14H,6-7H2,1H3/b18-10+. The van der Waals surface area contributed by atoms with E-state index in [9.17, 15) is 14.4 Å². The highest BCUT2D eigenvalue weighted by Gasteiger charge is 2.32. The summed E-state index contributed by atoms with van der Waals surface area (Å²) >= 11 is 0. The van der Waals surface area contributed by atoms with Crippen molar-refractivity contribution in [3.63, 3.8) is 0 Å². The quantitative estimate of drug-likeness (QED) is 0.470. The van der Waals surface area contributed by atoms with E-state index in [-0.39, 0.29) is 23.4 Å². The molecule has 27 heavy (non-hydrogen) atoms. The predicted octanol–water partition coefficient (Wildman–Crippen LogP) is 3.40. The van der Waals surface area contributed by atoms with Gasteiger partial charge in [-0.15, -0.1) is 0 Å². The fraction of sp³-hybridized carbons (Fsp3) is 0.190. The Morgan fingerprint density at radius 2 is 1.85 bits per heavy atom. The van der Waals surface area contributed by atoms with Gasteiger partial charge in [0.15, 0.2) is 5.76 Å². The highest BCUT2D eigenvalue weighted by Crippen LogP contribution is 2.36. The normalized spacial score (nSPS) is 16.6. The summed E-state index contributed by atoms with van der Waals surface area (Å²) in [5, 5.41) is 0. The molecule has 1 aliphatic carbocycles. The summed E-state index contributed by atoms with van der Waals surface area (Å²) in [6, 6.07) is 11.3. The zero-order valence-corrected chi connectivity index (χ0v) is 14.6. The van der Waals surface area contributed by atoms with E-state index >= 15 is 0 Å². The second-order valence-electron chi connectivity index (χ2n) is 6.41. The number of methoxy groups -OCH3 is 1. The van der Waals surface area contributed by atoms with Crippen LogP contribution >= 0.6 is 0 Å². The predicted molar refractivity (Wildman–Crippen MR) is 95.5 cm³/mol. The van der Waals surface area contributed by atoms with Gasteiger partial charge in [0.1, 0.15) is 11.5 Å². The zero-order chi connectivity index (χ0) is 19.0. The Labute approximate surface area is 155 Å². The van der Waals surface area contributed by atoms with Gasteiger partial charge in [-0.05, 0) is 48.7 Å². The van der Waals surface area contributed by atoms with Crippen LogP contribution in [0.2, 0.25) is 0 Å². The first-order valence-electron chi connectivity index (χ1n) is 8.53. The summed E-state index contributed by atoms with van der Waals surface area (Å²) in [6.07, 6.45) is 3.32. The number of ketones is 1. The zero-order valence-electron chi connectivity index (χ0n) is 14.6. The van der Waals surface area contributed by atoms with E-state index < -0.39 is 5.97 Å². The maximum absolute atomic E-state index is 12.5. The van der Waals surface area contributed by atoms with E-state index in [1.54, 1.807) is 48.5 Å². The molecule has 0 spiro atoms. The summed E-state index contributed by atoms with van der Waals surface area (Å²) in [7, 11) is 1.32. The summed E-state index contributed by atoms with van der Waals surface area (Å²) in [5.74, 6) is -0.0442. The molecule has 136 valence electrons. The number of fused-ring (bicyclic) bond motifs is 1. The van der Waals surface area contributed by atoms with Crippen molar-refractivity contribution in [2.75, 3.05) is 7.11 Å². The summed E-state index contributed by atoms with van der Waals surface area (Å²) < 4.78 is 15.6. The largest absolute Gasteiger partial charge is 0.465 e. The molecule has 2 aromatic rings. The van der Waals surface area contributed by atoms with Crippen LogP contribution in [0.4, 0.5) is 0 Å². The molecule has 4 rings (SSSR count). The number of allylic oxidation sites excluding steroid dienone is 1. The number of ether oxygens (including phenoxy) is 3. The topological polar surface area (TPSA) is 78.9 Å². The van der Waals surface area contributed by atoms with E-state index in [0.717, 1.165) is 12.8 Å². The van der Waals surface area contributed by atoms with Crippen LogP contribution < -0.4 is 9.47 Å². The number of Topliss-reactive ketones (excluding diaryl/α,β-unsaturated/α-hetero) is 1. The molecule has 6 nitrogen and oxygen atoms in total. The molecule has 1 heterocycles. The Morgan fingerprint density at radius 1 is 1.11 bits per heavy atom. The number of benzene rings is 2. The van der Waals surface area contributed by atoms with Crippen molar-refractivity contribution < 1.29 is 28.6 Å². The lowest BCUT2D eigenvalue weighted by Crippen LogP contribution is -2.09. The summed E-state index contributed by atoms with van der Waals surface area (Å²) in [5.41, 5.74) is 1.54. The minimum Gasteiger partial charge on any atom is -0.465 e. The van der Waals surface area contributed by atoms with Gasteiger partial charge in [0.2, 0.25) is 5.78 Å². The lowest BCUT2D eigenvalue weighted by molar-refractivity contribution is -0.135. The molecule has 1 fully saturated rings. The van der Waals surface area contributed by atoms with Crippen LogP contribution in [0.1, 0.15) is 39.1 Å². The van der Waals surface area contributed by atoms with Crippen molar-refractivity contribution in [1.82, 2.24) is 0 Å². The molecular formula is C21H16O6. The first kappa shape index (κ1) is 17.0. The second kappa shape index (κ2) is 6.72. The highest BCUT2D eigenvalue weighted by atomic mass is 16.5. The van der Waals surface area contributed by atoms with Gasteiger partial charge < -0.3 is 14.2 Å². The number of carbonyl (C=O) groups is 3. The Kier molecular flexibility index (Phi) is 4.24. The van der Waals surface area contributed by atoms with Crippen LogP contribution in [0.5, 0.6) is 11.5 Å². The van der Waals surface area contributed by atoms with Crippen LogP contribution in [0.15, 0.2) is 48.2 Å². The van der Waals surface area contributed by atoms with Crippen molar-refractivity contribution in [2.24, 2.45) is 5.92 Å². The lowest BCUT2D eigenvalue weighted by atomic mass is 10.1. The second-order valence-corrected chi connectivity index (χ2v) is 6.41. The van der Waals surface area contributed by atoms with Gasteiger partial charge in [-0.2, -0.15) is 0 Å². The first-order chi connectivity index (χ1) is 13.0. The number of hydrogen-bond donors (Lipinski definition) is 0. The average molecular weight is 364 g/mol. The van der Waals surface area contributed by atoms with Gasteiger partial charge in [0.05, 0.1) is 24.2 Å². The summed E-state index contributed by atoms with van der Waals surface area (Å²) in [6.45, 7) is 0. The molecule has 0 amide bonds. The van der Waals surface area contributed by atoms with Crippen LogP contribution in [-0.4, -0.2) is 24.8 Å². The van der Waals surface area contributed by atoms with Gasteiger partial charge in [0.25, 0.3) is 0 Å². The Bertz CT molecular complexity index is 967. The Balaban J connectivity index is 1.52. The third-order valence-electron chi connectivity index (χ3n) is 4.40. The minimum absolute atomic E-state index is 0.00998. The lowest BCUT2D eigenvalue weighted by Gasteiger charge is -2.04. The Hall–Kier alpha value is -3.41. The van der Waals surface area contributed by atoms with Crippen molar-refractivity contribution in [2.45, 2.75) is 12.8 Å². The molecular weight excluding hydrogens is 348 g/mol. The minimum atomic E-state index is -0.428. The van der Waals surface area contributed by atoms with E-state index in [4.69, 9.17) is 9.47 Å². The number of carbonyl (C=O) groups excluding carboxylic acids is 3. The molecule has 0 atom stereocenters. The highest BCUT2D eigenvalue weighted by molar-refractivity contribution is 6.14. The van der Waals surface area contributed by atoms with Crippen molar-refractivity contribution in [3.8, 4) is 11.5 Å². The van der Waals surface area contributed by atoms with Gasteiger partial charge in [-0.1, -0.05) is 12.1 Å². The molecule has 1 saturated carbocycles. The van der Waals surface area contributed by atoms with Crippen LogP contribution in [0, 0.1) is 5.92 Å². The van der Waals surface area contributed by atoms with E-state index in [1.165, 1.54) is 7.11 Å². The fourth-order valence-corrected chi connectivity index (χ4v) is 2.73. The number of hydrogen-bond acceptors (Lipinski definition) is 6. The number of esters is 2. The van der Waals surface area contributed by atoms with Crippen LogP contribution in [0.25, 0.3) is 6.08 Å². The van der Waals surface area contributed by atoms with Crippen molar-refractivity contribution in [3.05, 3.63) is 64.9 Å². The molecule has 0 N–H and O–H groups in total. The third kappa shape index (κ3) is 3.46. The van der Waals surface area contributed by atoms with E-state index in [0.29, 0.717) is 28.2 Å². The number of rotatable bonds is 4. The Morgan fingerprint density at radius 3 is 2.52 bits per heavy atom. The molecule has 0 unspecified atom stereocenters. The van der Waals surface area contributed by atoms with E-state index in [2.05, 4.69) is 4.74 Å². The molecule has 2 aromatic carbocycles. The molecule has 0 saturated heterocycles. The average Bonchev–Trinajstić information content (AvgIpc) is 3.48. The SMILES string of the molecule is COC(=O)c1ccc(/C=C2/Oc3cc(OC(=O)C4CC4)ccc3C2=O)cc1. The van der Waals surface area contributed by atoms with Gasteiger partial charge in [-0.25, -0.2) is 4.79 Å². The maximum Gasteiger partial charge on any atom is 0.337 e. The summed E-state index contributed by atoms with van der Waals surface area (Å²) in [4.78, 5) is 35.7. The molecule has 2 aliphatic rings. The van der Waals surface area contributed by atoms with Gasteiger partial charge in [-0.3, -0.25) is 9.59 Å². The molecule has 1 aliphatic heterocycles. The molecule has 6 heteroatoms. The molecule has 0 bridgehead atoms. The first-order valence-corrected chi connectivity index (χ1v) is 8.53. The van der Waals surface area contributed by atoms with Gasteiger partial charge >= 0.3 is 11.9 Å². The van der Waals surface area contributed by atoms with Crippen molar-refractivity contribution in [1.29, 1.82) is 0 Å². The fourth-order valence-electron chi connectivity index (χ4n) is 2.73. The van der Waals surface area contributed by atoms with Crippen molar-refractivity contribution >= 4 is 23.8 Å². The smallest absolute Gasteiger partial charge is 0.337 e. The van der Waals surface area contributed by atoms with Gasteiger partial charge in [0, 0.05) is 6.07 Å². The van der Waals surface area contributed by atoms with Crippen LogP contribution in [0.3, 0.4) is 0 Å². The molecule has 0 aromatic heterocycles.